The minimum absolute atomic E-state index is 0.177. The van der Waals surface area contributed by atoms with Gasteiger partial charge in [-0.2, -0.15) is 0 Å². The van der Waals surface area contributed by atoms with Gasteiger partial charge < -0.3 is 15.4 Å². The van der Waals surface area contributed by atoms with E-state index < -0.39 is 11.6 Å². The fraction of sp³-hybridized carbons (Fsp3) is 0.235. The van der Waals surface area contributed by atoms with Gasteiger partial charge in [-0.15, -0.1) is 0 Å². The Labute approximate surface area is 133 Å². The van der Waals surface area contributed by atoms with E-state index in [-0.39, 0.29) is 12.3 Å². The first-order valence-electron chi connectivity index (χ1n) is 7.30. The lowest BCUT2D eigenvalue weighted by Gasteiger charge is -2.09. The average molecular weight is 320 g/mol. The minimum atomic E-state index is -0.922. The molecule has 0 aliphatic rings. The van der Waals surface area contributed by atoms with Crippen LogP contribution in [-0.2, 0) is 4.79 Å². The lowest BCUT2D eigenvalue weighted by molar-refractivity contribution is -0.115. The Morgan fingerprint density at radius 2 is 1.74 bits per heavy atom. The quantitative estimate of drug-likeness (QED) is 0.816. The van der Waals surface area contributed by atoms with Gasteiger partial charge in [0.25, 0.3) is 0 Å². The monoisotopic (exact) mass is 320 g/mol. The minimum Gasteiger partial charge on any atom is -0.494 e. The van der Waals surface area contributed by atoms with Crippen molar-refractivity contribution in [1.82, 2.24) is 0 Å². The van der Waals surface area contributed by atoms with Gasteiger partial charge in [0.15, 0.2) is 11.6 Å². The topological polar surface area (TPSA) is 50.4 Å². The van der Waals surface area contributed by atoms with E-state index in [4.69, 9.17) is 4.74 Å². The van der Waals surface area contributed by atoms with E-state index in [0.29, 0.717) is 24.5 Å². The van der Waals surface area contributed by atoms with Crippen molar-refractivity contribution in [2.45, 2.75) is 13.3 Å². The molecule has 0 atom stereocenters. The summed E-state index contributed by atoms with van der Waals surface area (Å²) in [6.45, 7) is 2.80. The molecule has 0 aliphatic carbocycles. The summed E-state index contributed by atoms with van der Waals surface area (Å²) in [5.41, 5.74) is 1.10. The van der Waals surface area contributed by atoms with Crippen LogP contribution in [0.15, 0.2) is 42.5 Å². The number of nitrogens with one attached hydrogen (secondary N) is 2. The molecular weight excluding hydrogens is 302 g/mol. The van der Waals surface area contributed by atoms with Crippen LogP contribution in [0.25, 0.3) is 0 Å². The first-order chi connectivity index (χ1) is 11.1. The molecule has 2 aromatic carbocycles. The molecule has 2 rings (SSSR count). The SMILES string of the molecule is CCOc1ccc(NC(=O)CCNc2ccc(F)c(F)c2)cc1. The Kier molecular flexibility index (Phi) is 5.91. The fourth-order valence-electron chi connectivity index (χ4n) is 1.95. The van der Waals surface area contributed by atoms with Gasteiger partial charge in [-0.3, -0.25) is 4.79 Å². The predicted molar refractivity (Wildman–Crippen MR) is 85.7 cm³/mol. The highest BCUT2D eigenvalue weighted by Gasteiger charge is 2.05. The second-order valence-corrected chi connectivity index (χ2v) is 4.81. The van der Waals surface area contributed by atoms with Gasteiger partial charge in [-0.05, 0) is 49.4 Å². The molecular formula is C17H18F2N2O2. The van der Waals surface area contributed by atoms with Gasteiger partial charge in [-0.25, -0.2) is 8.78 Å². The van der Waals surface area contributed by atoms with Crippen LogP contribution in [0, 0.1) is 11.6 Å². The van der Waals surface area contributed by atoms with Gasteiger partial charge in [-0.1, -0.05) is 0 Å². The summed E-state index contributed by atoms with van der Waals surface area (Å²) in [7, 11) is 0. The molecule has 0 saturated heterocycles. The molecule has 0 radical (unpaired) electrons. The number of anilines is 2. The van der Waals surface area contributed by atoms with Crippen LogP contribution in [-0.4, -0.2) is 19.1 Å². The van der Waals surface area contributed by atoms with Crippen molar-refractivity contribution in [3.8, 4) is 5.75 Å². The van der Waals surface area contributed by atoms with Gasteiger partial charge >= 0.3 is 0 Å². The third-order valence-corrected chi connectivity index (χ3v) is 3.05. The Balaban J connectivity index is 1.77. The summed E-state index contributed by atoms with van der Waals surface area (Å²) in [4.78, 5) is 11.8. The van der Waals surface area contributed by atoms with Gasteiger partial charge in [0.05, 0.1) is 6.61 Å². The van der Waals surface area contributed by atoms with Gasteiger partial charge in [0.2, 0.25) is 5.91 Å². The molecule has 0 heterocycles. The molecule has 2 N–H and O–H groups in total. The van der Waals surface area contributed by atoms with Crippen molar-refractivity contribution in [2.24, 2.45) is 0 Å². The van der Waals surface area contributed by atoms with E-state index in [1.807, 2.05) is 6.92 Å². The number of benzene rings is 2. The number of ether oxygens (including phenoxy) is 1. The van der Waals surface area contributed by atoms with E-state index in [2.05, 4.69) is 10.6 Å². The third-order valence-electron chi connectivity index (χ3n) is 3.05. The molecule has 0 aromatic heterocycles. The van der Waals surface area contributed by atoms with Crippen molar-refractivity contribution in [2.75, 3.05) is 23.8 Å². The summed E-state index contributed by atoms with van der Waals surface area (Å²) < 4.78 is 31.1. The maximum absolute atomic E-state index is 13.0. The first kappa shape index (κ1) is 16.7. The van der Waals surface area contributed by atoms with E-state index in [0.717, 1.165) is 17.9 Å². The highest BCUT2D eigenvalue weighted by molar-refractivity contribution is 5.91. The van der Waals surface area contributed by atoms with Crippen molar-refractivity contribution >= 4 is 17.3 Å². The zero-order valence-corrected chi connectivity index (χ0v) is 12.7. The third kappa shape index (κ3) is 5.25. The van der Waals surface area contributed by atoms with E-state index in [1.165, 1.54) is 6.07 Å². The Morgan fingerprint density at radius 1 is 1.04 bits per heavy atom. The normalized spacial score (nSPS) is 10.2. The maximum atomic E-state index is 13.0. The molecule has 4 nitrogen and oxygen atoms in total. The van der Waals surface area contributed by atoms with Crippen molar-refractivity contribution in [1.29, 1.82) is 0 Å². The Hall–Kier alpha value is -2.63. The molecule has 0 bridgehead atoms. The smallest absolute Gasteiger partial charge is 0.226 e. The Morgan fingerprint density at radius 3 is 2.39 bits per heavy atom. The molecule has 0 unspecified atom stereocenters. The van der Waals surface area contributed by atoms with Crippen molar-refractivity contribution in [3.05, 3.63) is 54.1 Å². The van der Waals surface area contributed by atoms with Crippen molar-refractivity contribution < 1.29 is 18.3 Å². The molecule has 0 spiro atoms. The standard InChI is InChI=1S/C17H18F2N2O2/c1-2-23-14-6-3-12(4-7-14)21-17(22)9-10-20-13-5-8-15(18)16(19)11-13/h3-8,11,20H,2,9-10H2,1H3,(H,21,22). The highest BCUT2D eigenvalue weighted by atomic mass is 19.2. The first-order valence-corrected chi connectivity index (χ1v) is 7.30. The van der Waals surface area contributed by atoms with Crippen LogP contribution in [0.3, 0.4) is 0 Å². The van der Waals surface area contributed by atoms with Crippen LogP contribution < -0.4 is 15.4 Å². The predicted octanol–water partition coefficient (Wildman–Crippen LogP) is 3.80. The second-order valence-electron chi connectivity index (χ2n) is 4.81. The lowest BCUT2D eigenvalue weighted by Crippen LogP contribution is -2.16. The van der Waals surface area contributed by atoms with Crippen LogP contribution in [0.4, 0.5) is 20.2 Å². The number of amides is 1. The Bertz CT molecular complexity index is 660. The molecule has 0 fully saturated rings. The zero-order valence-electron chi connectivity index (χ0n) is 12.7. The van der Waals surface area contributed by atoms with Crippen LogP contribution in [0.5, 0.6) is 5.75 Å². The molecule has 23 heavy (non-hydrogen) atoms. The van der Waals surface area contributed by atoms with E-state index >= 15 is 0 Å². The number of carbonyl (C=O) groups is 1. The average Bonchev–Trinajstić information content (AvgIpc) is 2.53. The van der Waals surface area contributed by atoms with Crippen LogP contribution in [0.2, 0.25) is 0 Å². The molecule has 0 saturated carbocycles. The summed E-state index contributed by atoms with van der Waals surface area (Å²) in [5, 5.41) is 5.62. The second kappa shape index (κ2) is 8.12. The summed E-state index contributed by atoms with van der Waals surface area (Å²) >= 11 is 0. The largest absolute Gasteiger partial charge is 0.494 e. The van der Waals surface area contributed by atoms with Crippen LogP contribution >= 0.6 is 0 Å². The highest BCUT2D eigenvalue weighted by Crippen LogP contribution is 2.16. The summed E-state index contributed by atoms with van der Waals surface area (Å²) in [6, 6.07) is 10.6. The van der Waals surface area contributed by atoms with Crippen molar-refractivity contribution in [3.63, 3.8) is 0 Å². The van der Waals surface area contributed by atoms with E-state index in [9.17, 15) is 13.6 Å². The molecule has 0 aliphatic heterocycles. The number of halogens is 2. The lowest BCUT2D eigenvalue weighted by atomic mass is 10.2. The van der Waals surface area contributed by atoms with Gasteiger partial charge in [0, 0.05) is 24.3 Å². The molecule has 6 heteroatoms. The van der Waals surface area contributed by atoms with Gasteiger partial charge in [0.1, 0.15) is 5.75 Å². The molecule has 1 amide bonds. The number of carbonyl (C=O) groups excluding carboxylic acids is 1. The maximum Gasteiger partial charge on any atom is 0.226 e. The number of hydrogen-bond acceptors (Lipinski definition) is 3. The zero-order chi connectivity index (χ0) is 16.7. The summed E-state index contributed by atoms with van der Waals surface area (Å²) in [5.74, 6) is -1.26. The number of hydrogen-bond donors (Lipinski definition) is 2. The molecule has 2 aromatic rings. The summed E-state index contributed by atoms with van der Waals surface area (Å²) in [6.07, 6.45) is 0.201. The fourth-order valence-corrected chi connectivity index (χ4v) is 1.95. The molecule has 122 valence electrons. The van der Waals surface area contributed by atoms with E-state index in [1.54, 1.807) is 24.3 Å². The number of rotatable bonds is 7. The van der Waals surface area contributed by atoms with Crippen LogP contribution in [0.1, 0.15) is 13.3 Å².